The molecule has 2 N–H and O–H groups in total. The first-order valence-corrected chi connectivity index (χ1v) is 10.5. The highest BCUT2D eigenvalue weighted by atomic mass is 16.5. The highest BCUT2D eigenvalue weighted by Gasteiger charge is 2.25. The number of carbonyl (C=O) groups excluding carboxylic acids is 1. The lowest BCUT2D eigenvalue weighted by Gasteiger charge is -2.13. The van der Waals surface area contributed by atoms with Crippen LogP contribution in [-0.2, 0) is 0 Å². The minimum Gasteiger partial charge on any atom is -0.349 e. The van der Waals surface area contributed by atoms with E-state index in [0.29, 0.717) is 29.2 Å². The van der Waals surface area contributed by atoms with Gasteiger partial charge in [0.05, 0.1) is 10.8 Å². The first kappa shape index (κ1) is 19.8. The molecule has 3 heterocycles. The summed E-state index contributed by atoms with van der Waals surface area (Å²) in [6.45, 7) is 0.592. The maximum Gasteiger partial charge on any atom is 0.257 e. The number of fused-ring (bicyclic) bond motifs is 1. The summed E-state index contributed by atoms with van der Waals surface area (Å²) >= 11 is 0. The van der Waals surface area contributed by atoms with E-state index in [0.717, 1.165) is 28.8 Å². The number of nitrogens with one attached hydrogen (secondary N) is 1. The quantitative estimate of drug-likeness (QED) is 0.363. The van der Waals surface area contributed by atoms with E-state index in [1.54, 1.807) is 22.9 Å². The largest absolute Gasteiger partial charge is 0.349 e. The lowest BCUT2D eigenvalue weighted by Crippen LogP contribution is -2.50. The van der Waals surface area contributed by atoms with Crippen LogP contribution in [0.15, 0.2) is 64.8 Å². The Kier molecular flexibility index (Phi) is 5.04. The highest BCUT2D eigenvalue weighted by molar-refractivity contribution is 5.94. The maximum atomic E-state index is 13.0. The SMILES string of the molecule is O=C(NC1CC1)c1cn(-c2cccc(C#Cc3ccc[n+](O)c3)c2)c2c(c1=O)=CCCN=2. The van der Waals surface area contributed by atoms with Crippen molar-refractivity contribution in [3.8, 4) is 17.5 Å². The Morgan fingerprint density at radius 3 is 2.81 bits per heavy atom. The van der Waals surface area contributed by atoms with Gasteiger partial charge in [-0.05, 0) is 43.5 Å². The van der Waals surface area contributed by atoms with E-state index >= 15 is 0 Å². The Bertz CT molecular complexity index is 1470. The van der Waals surface area contributed by atoms with Gasteiger partial charge in [-0.25, -0.2) is 0 Å². The van der Waals surface area contributed by atoms with Crippen LogP contribution in [0.2, 0.25) is 0 Å². The average Bonchev–Trinajstić information content (AvgIpc) is 3.62. The van der Waals surface area contributed by atoms with Crippen LogP contribution < -0.4 is 26.2 Å². The average molecular weight is 425 g/mol. The number of carbonyl (C=O) groups is 1. The zero-order valence-corrected chi connectivity index (χ0v) is 17.3. The Hall–Kier alpha value is -4.18. The summed E-state index contributed by atoms with van der Waals surface area (Å²) in [5.41, 5.74) is 2.58. The summed E-state index contributed by atoms with van der Waals surface area (Å²) in [7, 11) is 0. The second kappa shape index (κ2) is 8.16. The van der Waals surface area contributed by atoms with E-state index < -0.39 is 0 Å². The van der Waals surface area contributed by atoms with Gasteiger partial charge in [0.1, 0.15) is 11.1 Å². The number of benzene rings is 1. The summed E-state index contributed by atoms with van der Waals surface area (Å²) in [5.74, 6) is 5.78. The fraction of sp³-hybridized carbons (Fsp3) is 0.200. The minimum atomic E-state index is -0.342. The van der Waals surface area contributed by atoms with Crippen LogP contribution in [-0.4, -0.2) is 28.3 Å². The van der Waals surface area contributed by atoms with Gasteiger partial charge in [0.2, 0.25) is 17.8 Å². The topological polar surface area (TPSA) is 87.6 Å². The number of rotatable bonds is 3. The zero-order chi connectivity index (χ0) is 22.1. The molecule has 2 aliphatic rings. The Morgan fingerprint density at radius 2 is 2.00 bits per heavy atom. The van der Waals surface area contributed by atoms with Crippen molar-refractivity contribution < 1.29 is 14.7 Å². The van der Waals surface area contributed by atoms with Gasteiger partial charge in [-0.1, -0.05) is 24.0 Å². The Morgan fingerprint density at radius 1 is 1.19 bits per heavy atom. The van der Waals surface area contributed by atoms with E-state index in [1.165, 1.54) is 12.4 Å². The number of nitrogens with zero attached hydrogens (tertiary/aromatic N) is 3. The molecule has 2 aromatic heterocycles. The van der Waals surface area contributed by atoms with Gasteiger partial charge in [-0.2, -0.15) is 0 Å². The van der Waals surface area contributed by atoms with E-state index in [1.807, 2.05) is 30.3 Å². The summed E-state index contributed by atoms with van der Waals surface area (Å²) in [6.07, 6.45) is 9.05. The van der Waals surface area contributed by atoms with Crippen LogP contribution in [0.4, 0.5) is 0 Å². The van der Waals surface area contributed by atoms with Crippen molar-refractivity contribution in [1.29, 1.82) is 0 Å². The molecule has 1 amide bonds. The van der Waals surface area contributed by atoms with E-state index in [-0.39, 0.29) is 22.9 Å². The molecule has 7 nitrogen and oxygen atoms in total. The van der Waals surface area contributed by atoms with Gasteiger partial charge in [0.15, 0.2) is 0 Å². The molecule has 1 saturated carbocycles. The van der Waals surface area contributed by atoms with Crippen LogP contribution in [0.1, 0.15) is 40.7 Å². The fourth-order valence-corrected chi connectivity index (χ4v) is 3.61. The molecular formula is C25H21N4O3+. The van der Waals surface area contributed by atoms with E-state index in [2.05, 4.69) is 22.2 Å². The first-order chi connectivity index (χ1) is 15.6. The molecule has 158 valence electrons. The Balaban J connectivity index is 1.60. The second-order valence-electron chi connectivity index (χ2n) is 7.87. The maximum absolute atomic E-state index is 13.0. The van der Waals surface area contributed by atoms with Crippen molar-refractivity contribution in [1.82, 2.24) is 9.88 Å². The third kappa shape index (κ3) is 4.03. The van der Waals surface area contributed by atoms with Gasteiger partial charge < -0.3 is 9.88 Å². The van der Waals surface area contributed by atoms with Crippen molar-refractivity contribution in [3.63, 3.8) is 0 Å². The van der Waals surface area contributed by atoms with Crippen molar-refractivity contribution in [3.05, 3.63) is 92.6 Å². The minimum absolute atomic E-state index is 0.122. The van der Waals surface area contributed by atoms with E-state index in [9.17, 15) is 14.8 Å². The van der Waals surface area contributed by atoms with Gasteiger partial charge >= 0.3 is 0 Å². The Labute approximate surface area is 184 Å². The zero-order valence-electron chi connectivity index (χ0n) is 17.3. The molecule has 0 bridgehead atoms. The number of pyridine rings is 2. The number of hydrogen-bond donors (Lipinski definition) is 2. The van der Waals surface area contributed by atoms with Crippen LogP contribution in [0.25, 0.3) is 11.8 Å². The van der Waals surface area contributed by atoms with Crippen molar-refractivity contribution in [2.45, 2.75) is 25.3 Å². The summed E-state index contributed by atoms with van der Waals surface area (Å²) < 4.78 is 2.75. The standard InChI is InChI=1S/C25H20N4O3/c30-23-21-7-2-12-26-24(21)29(16-22(23)25(31)27-19-10-11-19)20-6-1-4-17(14-20)8-9-18-5-3-13-28(32)15-18/h1,3-7,13-16,19H,2,10-12H2,(H-,27,31,32)/p+1. The number of amides is 1. The summed E-state index contributed by atoms with van der Waals surface area (Å²) in [4.78, 5) is 30.3. The monoisotopic (exact) mass is 425 g/mol. The molecule has 1 aliphatic carbocycles. The normalized spacial score (nSPS) is 14.2. The molecule has 7 heteroatoms. The van der Waals surface area contributed by atoms with Gasteiger partial charge in [0, 0.05) is 40.8 Å². The van der Waals surface area contributed by atoms with Crippen LogP contribution >= 0.6 is 0 Å². The number of aromatic nitrogens is 2. The number of hydrogen-bond acceptors (Lipinski definition) is 4. The first-order valence-electron chi connectivity index (χ1n) is 10.5. The smallest absolute Gasteiger partial charge is 0.257 e. The summed E-state index contributed by atoms with van der Waals surface area (Å²) in [5, 5.41) is 12.9. The van der Waals surface area contributed by atoms with Gasteiger partial charge in [-0.15, -0.1) is 0 Å². The summed E-state index contributed by atoms with van der Waals surface area (Å²) in [6, 6.07) is 11.2. The third-order valence-corrected chi connectivity index (χ3v) is 5.37. The van der Waals surface area contributed by atoms with Crippen molar-refractivity contribution in [2.24, 2.45) is 4.99 Å². The molecule has 3 aromatic rings. The van der Waals surface area contributed by atoms with Crippen LogP contribution in [0.3, 0.4) is 0 Å². The molecule has 0 spiro atoms. The van der Waals surface area contributed by atoms with Crippen LogP contribution in [0.5, 0.6) is 0 Å². The lowest BCUT2D eigenvalue weighted by atomic mass is 10.1. The van der Waals surface area contributed by atoms with Crippen molar-refractivity contribution in [2.75, 3.05) is 6.54 Å². The molecule has 32 heavy (non-hydrogen) atoms. The predicted octanol–water partition coefficient (Wildman–Crippen LogP) is 0.458. The molecular weight excluding hydrogens is 404 g/mol. The van der Waals surface area contributed by atoms with Crippen LogP contribution in [0, 0.1) is 11.8 Å². The molecule has 0 atom stereocenters. The van der Waals surface area contributed by atoms with Gasteiger partial charge in [0.25, 0.3) is 5.91 Å². The van der Waals surface area contributed by atoms with Gasteiger partial charge in [-0.3, -0.25) is 19.8 Å². The second-order valence-corrected chi connectivity index (χ2v) is 7.87. The molecule has 5 rings (SSSR count). The van der Waals surface area contributed by atoms with E-state index in [4.69, 9.17) is 0 Å². The highest BCUT2D eigenvalue weighted by Crippen LogP contribution is 2.19. The third-order valence-electron chi connectivity index (χ3n) is 5.37. The molecule has 0 radical (unpaired) electrons. The van der Waals surface area contributed by atoms with Crippen molar-refractivity contribution >= 4 is 12.0 Å². The molecule has 1 aliphatic heterocycles. The molecule has 1 aromatic carbocycles. The molecule has 0 saturated heterocycles. The molecule has 1 fully saturated rings. The predicted molar refractivity (Wildman–Crippen MR) is 117 cm³/mol. The lowest BCUT2D eigenvalue weighted by molar-refractivity contribution is -0.904. The fourth-order valence-electron chi connectivity index (χ4n) is 3.61. The molecule has 0 unspecified atom stereocenters.